The van der Waals surface area contributed by atoms with E-state index in [1.165, 1.54) is 36.6 Å². The number of hydrazone groups is 1. The lowest BCUT2D eigenvalue weighted by atomic mass is 10.1. The van der Waals surface area contributed by atoms with Gasteiger partial charge in [-0.05, 0) is 13.0 Å². The Morgan fingerprint density at radius 2 is 2.14 bits per heavy atom. The maximum atomic E-state index is 13.1. The number of aromatic nitrogens is 1. The van der Waals surface area contributed by atoms with Gasteiger partial charge >= 0.3 is 6.18 Å². The zero-order valence-corrected chi connectivity index (χ0v) is 12.0. The number of aryl methyl sites for hydroxylation is 1. The quantitative estimate of drug-likeness (QED) is 0.687. The van der Waals surface area contributed by atoms with E-state index < -0.39 is 11.7 Å². The molecule has 0 fully saturated rings. The maximum Gasteiger partial charge on any atom is 0.420 e. The molecule has 2 aromatic rings. The van der Waals surface area contributed by atoms with E-state index in [1.807, 2.05) is 12.3 Å². The number of hydrogen-bond donors (Lipinski definition) is 1. The molecule has 0 aliphatic carbocycles. The first kappa shape index (κ1) is 15.3. The van der Waals surface area contributed by atoms with E-state index in [4.69, 9.17) is 4.74 Å². The van der Waals surface area contributed by atoms with Crippen LogP contribution in [0, 0.1) is 6.92 Å². The molecule has 8 heteroatoms. The summed E-state index contributed by atoms with van der Waals surface area (Å²) < 4.78 is 44.0. The first-order valence-electron chi connectivity index (χ1n) is 5.87. The van der Waals surface area contributed by atoms with Gasteiger partial charge in [-0.25, -0.2) is 4.98 Å². The van der Waals surface area contributed by atoms with Crippen LogP contribution in [-0.4, -0.2) is 18.3 Å². The molecule has 0 aliphatic heterocycles. The van der Waals surface area contributed by atoms with Crippen LogP contribution in [0.4, 0.5) is 18.3 Å². The van der Waals surface area contributed by atoms with Crippen molar-refractivity contribution in [3.8, 4) is 5.75 Å². The van der Waals surface area contributed by atoms with E-state index in [1.54, 1.807) is 0 Å². The van der Waals surface area contributed by atoms with Gasteiger partial charge in [0.05, 0.1) is 19.0 Å². The molecule has 21 heavy (non-hydrogen) atoms. The largest absolute Gasteiger partial charge is 0.496 e. The molecule has 0 bridgehead atoms. The molecule has 0 spiro atoms. The zero-order valence-electron chi connectivity index (χ0n) is 11.2. The Kier molecular flexibility index (Phi) is 4.46. The summed E-state index contributed by atoms with van der Waals surface area (Å²) in [5, 5.41) is 6.12. The molecule has 1 N–H and O–H groups in total. The molecule has 0 saturated carbocycles. The molecule has 2 rings (SSSR count). The first-order chi connectivity index (χ1) is 9.91. The van der Waals surface area contributed by atoms with Gasteiger partial charge in [-0.2, -0.15) is 18.3 Å². The van der Waals surface area contributed by atoms with Gasteiger partial charge in [0, 0.05) is 10.9 Å². The van der Waals surface area contributed by atoms with Gasteiger partial charge in [-0.15, -0.1) is 11.3 Å². The number of hydrogen-bond acceptors (Lipinski definition) is 5. The van der Waals surface area contributed by atoms with E-state index in [9.17, 15) is 13.2 Å². The van der Waals surface area contributed by atoms with E-state index >= 15 is 0 Å². The maximum absolute atomic E-state index is 13.1. The van der Waals surface area contributed by atoms with Gasteiger partial charge in [0.1, 0.15) is 11.3 Å². The van der Waals surface area contributed by atoms with E-state index in [2.05, 4.69) is 15.5 Å². The van der Waals surface area contributed by atoms with Crippen molar-refractivity contribution in [1.29, 1.82) is 0 Å². The number of nitrogens with one attached hydrogen (secondary N) is 1. The lowest BCUT2D eigenvalue weighted by Gasteiger charge is -2.14. The molecule has 0 aliphatic rings. The molecule has 0 radical (unpaired) electrons. The first-order valence-corrected chi connectivity index (χ1v) is 6.75. The summed E-state index contributed by atoms with van der Waals surface area (Å²) in [4.78, 5) is 4.09. The number of ether oxygens (including phenoxy) is 1. The van der Waals surface area contributed by atoms with E-state index in [-0.39, 0.29) is 11.3 Å². The van der Waals surface area contributed by atoms with Gasteiger partial charge in [-0.1, -0.05) is 12.1 Å². The van der Waals surface area contributed by atoms with Crippen molar-refractivity contribution >= 4 is 22.7 Å². The number of alkyl halides is 3. The highest BCUT2D eigenvalue weighted by Gasteiger charge is 2.36. The number of halogens is 3. The van der Waals surface area contributed by atoms with Crippen LogP contribution < -0.4 is 10.2 Å². The lowest BCUT2D eigenvalue weighted by Crippen LogP contribution is -2.11. The monoisotopic (exact) mass is 315 g/mol. The highest BCUT2D eigenvalue weighted by atomic mass is 32.1. The van der Waals surface area contributed by atoms with Crippen LogP contribution in [0.1, 0.15) is 16.8 Å². The highest BCUT2D eigenvalue weighted by Crippen LogP contribution is 2.38. The van der Waals surface area contributed by atoms with Crippen LogP contribution in [-0.2, 0) is 6.18 Å². The van der Waals surface area contributed by atoms with Gasteiger partial charge in [-0.3, -0.25) is 5.43 Å². The van der Waals surface area contributed by atoms with Crippen LogP contribution in [0.5, 0.6) is 5.75 Å². The normalized spacial score (nSPS) is 11.9. The SMILES string of the molecule is COc1cccc(C=NNc2nc(C)cs2)c1C(F)(F)F. The molecule has 1 aromatic heterocycles. The van der Waals surface area contributed by atoms with Crippen molar-refractivity contribution in [2.75, 3.05) is 12.5 Å². The second-order valence-electron chi connectivity index (χ2n) is 4.09. The summed E-state index contributed by atoms with van der Waals surface area (Å²) in [6, 6.07) is 4.06. The molecule has 4 nitrogen and oxygen atoms in total. The third kappa shape index (κ3) is 3.72. The Morgan fingerprint density at radius 3 is 2.71 bits per heavy atom. The van der Waals surface area contributed by atoms with Crippen LogP contribution in [0.25, 0.3) is 0 Å². The minimum Gasteiger partial charge on any atom is -0.496 e. The Morgan fingerprint density at radius 1 is 1.38 bits per heavy atom. The highest BCUT2D eigenvalue weighted by molar-refractivity contribution is 7.13. The third-order valence-corrected chi connectivity index (χ3v) is 3.41. The van der Waals surface area contributed by atoms with Crippen LogP contribution in [0.3, 0.4) is 0 Å². The Bertz CT molecular complexity index is 652. The molecule has 0 saturated heterocycles. The Hall–Kier alpha value is -2.09. The minimum absolute atomic E-state index is 0.0809. The lowest BCUT2D eigenvalue weighted by molar-refractivity contribution is -0.138. The fourth-order valence-electron chi connectivity index (χ4n) is 1.69. The Balaban J connectivity index is 2.27. The second-order valence-corrected chi connectivity index (χ2v) is 4.94. The smallest absolute Gasteiger partial charge is 0.420 e. The van der Waals surface area contributed by atoms with Crippen LogP contribution in [0.15, 0.2) is 28.7 Å². The number of rotatable bonds is 4. The third-order valence-electron chi connectivity index (χ3n) is 2.54. The Labute approximate surface area is 123 Å². The minimum atomic E-state index is -4.52. The average Bonchev–Trinajstić information content (AvgIpc) is 2.83. The molecule has 1 aromatic carbocycles. The van der Waals surface area contributed by atoms with Crippen LogP contribution >= 0.6 is 11.3 Å². The average molecular weight is 315 g/mol. The van der Waals surface area contributed by atoms with Gasteiger partial charge in [0.15, 0.2) is 0 Å². The molecule has 112 valence electrons. The van der Waals surface area contributed by atoms with Crippen molar-refractivity contribution in [1.82, 2.24) is 4.98 Å². The number of methoxy groups -OCH3 is 1. The number of benzene rings is 1. The summed E-state index contributed by atoms with van der Waals surface area (Å²) in [5.41, 5.74) is 2.48. The number of anilines is 1. The van der Waals surface area contributed by atoms with E-state index in [0.717, 1.165) is 11.9 Å². The molecule has 1 heterocycles. The summed E-state index contributed by atoms with van der Waals surface area (Å²) in [6.07, 6.45) is -3.42. The summed E-state index contributed by atoms with van der Waals surface area (Å²) in [5.74, 6) is -0.239. The fraction of sp³-hybridized carbons (Fsp3) is 0.231. The fourth-order valence-corrected chi connectivity index (χ4v) is 2.33. The van der Waals surface area contributed by atoms with Crippen molar-refractivity contribution in [3.63, 3.8) is 0 Å². The predicted molar refractivity (Wildman–Crippen MR) is 76.1 cm³/mol. The summed E-state index contributed by atoms with van der Waals surface area (Å²) in [7, 11) is 1.20. The standard InChI is InChI=1S/C13H12F3N3OS/c1-8-7-21-12(18-8)19-17-6-9-4-3-5-10(20-2)11(9)13(14,15)16/h3-7H,1-2H3,(H,18,19). The van der Waals surface area contributed by atoms with Crippen molar-refractivity contribution in [2.24, 2.45) is 5.10 Å². The van der Waals surface area contributed by atoms with Gasteiger partial charge < -0.3 is 4.74 Å². The number of nitrogens with zero attached hydrogens (tertiary/aromatic N) is 2. The van der Waals surface area contributed by atoms with E-state index in [0.29, 0.717) is 5.13 Å². The van der Waals surface area contributed by atoms with Crippen molar-refractivity contribution < 1.29 is 17.9 Å². The number of thiazole rings is 1. The van der Waals surface area contributed by atoms with Crippen molar-refractivity contribution in [2.45, 2.75) is 13.1 Å². The molecule has 0 unspecified atom stereocenters. The predicted octanol–water partition coefficient (Wildman–Crippen LogP) is 3.92. The second kappa shape index (κ2) is 6.13. The molecular formula is C13H12F3N3OS. The van der Waals surface area contributed by atoms with Gasteiger partial charge in [0.25, 0.3) is 0 Å². The summed E-state index contributed by atoms with van der Waals surface area (Å²) >= 11 is 1.32. The van der Waals surface area contributed by atoms with Crippen molar-refractivity contribution in [3.05, 3.63) is 40.4 Å². The molecular weight excluding hydrogens is 303 g/mol. The van der Waals surface area contributed by atoms with Crippen LogP contribution in [0.2, 0.25) is 0 Å². The molecule has 0 atom stereocenters. The zero-order chi connectivity index (χ0) is 15.5. The summed E-state index contributed by atoms with van der Waals surface area (Å²) in [6.45, 7) is 1.81. The van der Waals surface area contributed by atoms with Gasteiger partial charge in [0.2, 0.25) is 5.13 Å². The topological polar surface area (TPSA) is 46.5 Å². The molecule has 0 amide bonds.